The van der Waals surface area contributed by atoms with Gasteiger partial charge in [-0.3, -0.25) is 10.2 Å². The Kier molecular flexibility index (Phi) is 10.1. The highest BCUT2D eigenvalue weighted by Crippen LogP contribution is 2.29. The standard InChI is InChI=1S/C27H29ClN4O4S/c1-17(2)19-6-9-21(10-7-19)30-27(37)32-29-15-18-5-12-23(25(13-18)35-4)36-16-26(33)31-22-11-8-20(28)14-24(22)34-3/h5-15,17H,16H2,1-4H3,(H,31,33)(H2,30,32,37)/b29-15-. The van der Waals surface area contributed by atoms with E-state index in [0.717, 1.165) is 11.3 Å². The van der Waals surface area contributed by atoms with E-state index in [-0.39, 0.29) is 12.5 Å². The van der Waals surface area contributed by atoms with Gasteiger partial charge in [0.25, 0.3) is 5.91 Å². The molecule has 1 amide bonds. The van der Waals surface area contributed by atoms with Gasteiger partial charge in [-0.1, -0.05) is 37.6 Å². The third-order valence-electron chi connectivity index (χ3n) is 5.20. The molecule has 0 unspecified atom stereocenters. The lowest BCUT2D eigenvalue weighted by molar-refractivity contribution is -0.118. The summed E-state index contributed by atoms with van der Waals surface area (Å²) in [6.07, 6.45) is 1.60. The number of thiocarbonyl (C=S) groups is 1. The molecule has 0 bridgehead atoms. The van der Waals surface area contributed by atoms with Crippen LogP contribution in [0, 0.1) is 0 Å². The molecule has 0 saturated heterocycles. The molecule has 0 aromatic heterocycles. The van der Waals surface area contributed by atoms with Crippen LogP contribution in [-0.2, 0) is 4.79 Å². The number of benzene rings is 3. The number of hydrazone groups is 1. The van der Waals surface area contributed by atoms with Gasteiger partial charge in [-0.15, -0.1) is 0 Å². The minimum atomic E-state index is -0.364. The van der Waals surface area contributed by atoms with E-state index in [2.05, 4.69) is 47.1 Å². The molecule has 3 aromatic carbocycles. The highest BCUT2D eigenvalue weighted by Gasteiger charge is 2.11. The molecular formula is C27H29ClN4O4S. The van der Waals surface area contributed by atoms with E-state index in [4.69, 9.17) is 38.0 Å². The molecule has 37 heavy (non-hydrogen) atoms. The average molecular weight is 541 g/mol. The zero-order valence-corrected chi connectivity index (χ0v) is 22.6. The van der Waals surface area contributed by atoms with Gasteiger partial charge in [-0.25, -0.2) is 0 Å². The van der Waals surface area contributed by atoms with Gasteiger partial charge in [0.2, 0.25) is 0 Å². The Morgan fingerprint density at radius 1 is 0.973 bits per heavy atom. The number of nitrogens with zero attached hydrogens (tertiary/aromatic N) is 1. The second kappa shape index (κ2) is 13.5. The first-order valence-electron chi connectivity index (χ1n) is 11.4. The predicted molar refractivity (Wildman–Crippen MR) is 153 cm³/mol. The molecule has 0 aliphatic rings. The van der Waals surface area contributed by atoms with Crippen LogP contribution >= 0.6 is 23.8 Å². The van der Waals surface area contributed by atoms with E-state index in [1.807, 2.05) is 12.1 Å². The Balaban J connectivity index is 1.53. The first-order valence-corrected chi connectivity index (χ1v) is 12.2. The van der Waals surface area contributed by atoms with Crippen LogP contribution in [0.1, 0.15) is 30.9 Å². The SMILES string of the molecule is COc1cc(Cl)ccc1NC(=O)COc1ccc(/C=N\NC(=S)Nc2ccc(C(C)C)cc2)cc1OC. The molecule has 0 radical (unpaired) electrons. The number of hydrogen-bond acceptors (Lipinski definition) is 6. The zero-order valence-electron chi connectivity index (χ0n) is 21.0. The molecule has 0 aliphatic carbocycles. The molecular weight excluding hydrogens is 512 g/mol. The molecule has 3 aromatic rings. The lowest BCUT2D eigenvalue weighted by atomic mass is 10.0. The van der Waals surface area contributed by atoms with Crippen LogP contribution in [0.4, 0.5) is 11.4 Å². The van der Waals surface area contributed by atoms with Crippen LogP contribution < -0.4 is 30.3 Å². The lowest BCUT2D eigenvalue weighted by Gasteiger charge is -2.13. The highest BCUT2D eigenvalue weighted by atomic mass is 35.5. The van der Waals surface area contributed by atoms with Crippen LogP contribution in [0.3, 0.4) is 0 Å². The summed E-state index contributed by atoms with van der Waals surface area (Å²) in [5.41, 5.74) is 6.16. The van der Waals surface area contributed by atoms with Gasteiger partial charge < -0.3 is 24.8 Å². The molecule has 0 saturated carbocycles. The number of halogens is 1. The second-order valence-electron chi connectivity index (χ2n) is 8.19. The summed E-state index contributed by atoms with van der Waals surface area (Å²) in [7, 11) is 3.02. The van der Waals surface area contributed by atoms with E-state index in [1.54, 1.807) is 42.6 Å². The summed E-state index contributed by atoms with van der Waals surface area (Å²) in [6.45, 7) is 4.07. The van der Waals surface area contributed by atoms with Gasteiger partial charge in [0.1, 0.15) is 5.75 Å². The summed E-state index contributed by atoms with van der Waals surface area (Å²) < 4.78 is 16.3. The number of methoxy groups -OCH3 is 2. The fourth-order valence-corrected chi connectivity index (χ4v) is 3.59. The minimum absolute atomic E-state index is 0.227. The fraction of sp³-hybridized carbons (Fsp3) is 0.222. The second-order valence-corrected chi connectivity index (χ2v) is 9.04. The van der Waals surface area contributed by atoms with Crippen molar-refractivity contribution in [2.45, 2.75) is 19.8 Å². The number of carbonyl (C=O) groups is 1. The van der Waals surface area contributed by atoms with Gasteiger partial charge in [-0.2, -0.15) is 5.10 Å². The van der Waals surface area contributed by atoms with Gasteiger partial charge >= 0.3 is 0 Å². The van der Waals surface area contributed by atoms with Crippen molar-refractivity contribution in [1.29, 1.82) is 0 Å². The van der Waals surface area contributed by atoms with Crippen molar-refractivity contribution >= 4 is 52.4 Å². The Labute approximate surface area is 227 Å². The van der Waals surface area contributed by atoms with Crippen molar-refractivity contribution in [3.63, 3.8) is 0 Å². The van der Waals surface area contributed by atoms with Crippen molar-refractivity contribution < 1.29 is 19.0 Å². The number of anilines is 2. The Morgan fingerprint density at radius 2 is 1.70 bits per heavy atom. The van der Waals surface area contributed by atoms with E-state index < -0.39 is 0 Å². The van der Waals surface area contributed by atoms with Gasteiger partial charge in [0.15, 0.2) is 23.2 Å². The Bertz CT molecular complexity index is 1270. The first-order chi connectivity index (χ1) is 17.8. The number of nitrogens with one attached hydrogen (secondary N) is 3. The van der Waals surface area contributed by atoms with E-state index >= 15 is 0 Å². The Hall–Kier alpha value is -3.82. The predicted octanol–water partition coefficient (Wildman–Crippen LogP) is 5.82. The molecule has 194 valence electrons. The number of amides is 1. The third-order valence-corrected chi connectivity index (χ3v) is 5.63. The lowest BCUT2D eigenvalue weighted by Crippen LogP contribution is -2.23. The van der Waals surface area contributed by atoms with E-state index in [0.29, 0.717) is 39.0 Å². The van der Waals surface area contributed by atoms with Crippen LogP contribution in [0.15, 0.2) is 65.8 Å². The number of hydrogen-bond donors (Lipinski definition) is 3. The number of carbonyl (C=O) groups excluding carboxylic acids is 1. The van der Waals surface area contributed by atoms with Crippen molar-refractivity contribution in [2.75, 3.05) is 31.5 Å². The summed E-state index contributed by atoms with van der Waals surface area (Å²) in [5, 5.41) is 10.9. The van der Waals surface area contributed by atoms with E-state index in [1.165, 1.54) is 19.8 Å². The molecule has 0 aliphatic heterocycles. The first kappa shape index (κ1) is 27.8. The van der Waals surface area contributed by atoms with E-state index in [9.17, 15) is 4.79 Å². The van der Waals surface area contributed by atoms with Gasteiger partial charge in [-0.05, 0) is 71.7 Å². The van der Waals surface area contributed by atoms with Crippen LogP contribution in [0.2, 0.25) is 5.02 Å². The number of rotatable bonds is 10. The Morgan fingerprint density at radius 3 is 2.38 bits per heavy atom. The maximum atomic E-state index is 12.4. The summed E-state index contributed by atoms with van der Waals surface area (Å²) >= 11 is 11.3. The topological polar surface area (TPSA) is 93.2 Å². The quantitative estimate of drug-likeness (QED) is 0.169. The summed E-state index contributed by atoms with van der Waals surface area (Å²) in [6, 6.07) is 18.2. The summed E-state index contributed by atoms with van der Waals surface area (Å²) in [5.74, 6) is 1.42. The third kappa shape index (κ3) is 8.37. The van der Waals surface area contributed by atoms with Crippen LogP contribution in [0.25, 0.3) is 0 Å². The number of ether oxygens (including phenoxy) is 3. The molecule has 0 fully saturated rings. The van der Waals surface area contributed by atoms with Crippen molar-refractivity contribution in [3.8, 4) is 17.2 Å². The largest absolute Gasteiger partial charge is 0.495 e. The maximum Gasteiger partial charge on any atom is 0.262 e. The smallest absolute Gasteiger partial charge is 0.262 e. The van der Waals surface area contributed by atoms with Crippen LogP contribution in [-0.4, -0.2) is 38.1 Å². The molecule has 0 heterocycles. The molecule has 10 heteroatoms. The van der Waals surface area contributed by atoms with Crippen LogP contribution in [0.5, 0.6) is 17.2 Å². The molecule has 3 N–H and O–H groups in total. The monoisotopic (exact) mass is 540 g/mol. The minimum Gasteiger partial charge on any atom is -0.495 e. The van der Waals surface area contributed by atoms with Gasteiger partial charge in [0, 0.05) is 16.8 Å². The zero-order chi connectivity index (χ0) is 26.8. The molecule has 0 atom stereocenters. The normalized spacial score (nSPS) is 10.8. The van der Waals surface area contributed by atoms with Crippen molar-refractivity contribution in [1.82, 2.24) is 5.43 Å². The van der Waals surface area contributed by atoms with Gasteiger partial charge in [0.05, 0.1) is 26.1 Å². The molecule has 3 rings (SSSR count). The summed E-state index contributed by atoms with van der Waals surface area (Å²) in [4.78, 5) is 12.4. The fourth-order valence-electron chi connectivity index (χ4n) is 3.26. The maximum absolute atomic E-state index is 12.4. The molecule has 8 nitrogen and oxygen atoms in total. The molecule has 0 spiro atoms. The van der Waals surface area contributed by atoms with Crippen molar-refractivity contribution in [2.24, 2.45) is 5.10 Å². The average Bonchev–Trinajstić information content (AvgIpc) is 2.89. The van der Waals surface area contributed by atoms with Crippen molar-refractivity contribution in [3.05, 3.63) is 76.8 Å². The highest BCUT2D eigenvalue weighted by molar-refractivity contribution is 7.80.